The second-order valence-electron chi connectivity index (χ2n) is 11.6. The van der Waals surface area contributed by atoms with Crippen molar-refractivity contribution >= 4 is 46.2 Å². The topological polar surface area (TPSA) is 139 Å². The van der Waals surface area contributed by atoms with Gasteiger partial charge < -0.3 is 30.4 Å². The Bertz CT molecular complexity index is 1230. The molecule has 11 heteroatoms. The minimum absolute atomic E-state index is 0.0875. The number of aromatic amines is 1. The van der Waals surface area contributed by atoms with Gasteiger partial charge in [-0.05, 0) is 56.7 Å². The minimum Gasteiger partial charge on any atom is -0.496 e. The lowest BCUT2D eigenvalue weighted by molar-refractivity contribution is -0.146. The molecule has 208 valence electrons. The molecule has 1 aliphatic heterocycles. The van der Waals surface area contributed by atoms with Crippen LogP contribution in [0.1, 0.15) is 64.4 Å². The standard InChI is InChI=1S/C27H37ClN4O6/c1-26(2,3)13-19(31-23(34)17-11-15-20(37-6)9-8-16(28)21(15)29-17)24(35)30-18(25(36)38-7)10-14-12-27(4,5)32-22(14)33/h8-9,11,14,18-19,29H,10,12-13H2,1-7H3,(H,30,35)(H,31,34)(H,32,33)/t14-,18?,19?/m1/s1. The van der Waals surface area contributed by atoms with Crippen LogP contribution in [0.25, 0.3) is 10.9 Å². The zero-order valence-electron chi connectivity index (χ0n) is 22.9. The number of carbonyl (C=O) groups excluding carboxylic acids is 4. The van der Waals surface area contributed by atoms with Gasteiger partial charge in [-0.25, -0.2) is 4.79 Å². The normalized spacial score (nSPS) is 18.4. The van der Waals surface area contributed by atoms with E-state index in [4.69, 9.17) is 21.1 Å². The summed E-state index contributed by atoms with van der Waals surface area (Å²) in [5.74, 6) is -1.82. The average Bonchev–Trinajstić information content (AvgIpc) is 3.38. The van der Waals surface area contributed by atoms with E-state index < -0.39 is 41.3 Å². The molecular formula is C27H37ClN4O6. The molecule has 1 aromatic carbocycles. The first-order valence-corrected chi connectivity index (χ1v) is 12.9. The van der Waals surface area contributed by atoms with Crippen molar-refractivity contribution in [1.82, 2.24) is 20.9 Å². The van der Waals surface area contributed by atoms with Gasteiger partial charge in [-0.2, -0.15) is 0 Å². The summed E-state index contributed by atoms with van der Waals surface area (Å²) in [6.07, 6.45) is 0.896. The molecule has 4 N–H and O–H groups in total. The van der Waals surface area contributed by atoms with Gasteiger partial charge in [0.1, 0.15) is 23.5 Å². The molecule has 2 aromatic rings. The summed E-state index contributed by atoms with van der Waals surface area (Å²) in [6, 6.07) is 2.96. The number of carbonyl (C=O) groups is 4. The van der Waals surface area contributed by atoms with Crippen LogP contribution in [0.15, 0.2) is 18.2 Å². The molecule has 3 rings (SSSR count). The molecule has 3 atom stereocenters. The third kappa shape index (κ3) is 6.98. The van der Waals surface area contributed by atoms with E-state index >= 15 is 0 Å². The number of H-pyrrole nitrogens is 1. The molecule has 0 saturated carbocycles. The second-order valence-corrected chi connectivity index (χ2v) is 12.0. The summed E-state index contributed by atoms with van der Waals surface area (Å²) >= 11 is 6.29. The molecule has 2 heterocycles. The number of hydrogen-bond acceptors (Lipinski definition) is 6. The van der Waals surface area contributed by atoms with E-state index in [1.807, 2.05) is 34.6 Å². The number of ether oxygens (including phenoxy) is 2. The molecule has 10 nitrogen and oxygen atoms in total. The summed E-state index contributed by atoms with van der Waals surface area (Å²) in [5, 5.41) is 9.45. The number of benzene rings is 1. The Morgan fingerprint density at radius 3 is 2.39 bits per heavy atom. The molecule has 0 spiro atoms. The van der Waals surface area contributed by atoms with Crippen LogP contribution in [0.2, 0.25) is 5.02 Å². The maximum absolute atomic E-state index is 13.4. The lowest BCUT2D eigenvalue weighted by Crippen LogP contribution is -2.53. The van der Waals surface area contributed by atoms with Crippen LogP contribution in [0.4, 0.5) is 0 Å². The van der Waals surface area contributed by atoms with Crippen LogP contribution in [0, 0.1) is 11.3 Å². The fourth-order valence-electron chi connectivity index (χ4n) is 4.82. The molecular weight excluding hydrogens is 512 g/mol. The minimum atomic E-state index is -1.05. The van der Waals surface area contributed by atoms with Crippen molar-refractivity contribution in [2.24, 2.45) is 11.3 Å². The third-order valence-corrected chi connectivity index (χ3v) is 6.83. The zero-order chi connectivity index (χ0) is 28.4. The largest absolute Gasteiger partial charge is 0.496 e. The Balaban J connectivity index is 1.82. The van der Waals surface area contributed by atoms with E-state index in [0.717, 1.165) is 0 Å². The lowest BCUT2D eigenvalue weighted by Gasteiger charge is -2.28. The van der Waals surface area contributed by atoms with E-state index in [1.54, 1.807) is 18.2 Å². The van der Waals surface area contributed by atoms with E-state index in [0.29, 0.717) is 34.5 Å². The Morgan fingerprint density at radius 1 is 1.16 bits per heavy atom. The summed E-state index contributed by atoms with van der Waals surface area (Å²) in [7, 11) is 2.75. The number of aromatic nitrogens is 1. The molecule has 38 heavy (non-hydrogen) atoms. The number of rotatable bonds is 9. The molecule has 2 unspecified atom stereocenters. The first kappa shape index (κ1) is 29.3. The molecule has 3 amide bonds. The maximum Gasteiger partial charge on any atom is 0.328 e. The summed E-state index contributed by atoms with van der Waals surface area (Å²) in [4.78, 5) is 54.7. The Kier molecular flexibility index (Phi) is 8.65. The quantitative estimate of drug-likeness (QED) is 0.355. The molecule has 1 fully saturated rings. The molecule has 1 aromatic heterocycles. The van der Waals surface area contributed by atoms with Crippen LogP contribution in [0.5, 0.6) is 5.75 Å². The Labute approximate surface area is 227 Å². The Hall–Kier alpha value is -3.27. The number of esters is 1. The van der Waals surface area contributed by atoms with Gasteiger partial charge in [-0.3, -0.25) is 14.4 Å². The van der Waals surface area contributed by atoms with E-state index in [2.05, 4.69) is 20.9 Å². The van der Waals surface area contributed by atoms with Gasteiger partial charge in [0.05, 0.1) is 24.8 Å². The van der Waals surface area contributed by atoms with Crippen LogP contribution >= 0.6 is 11.6 Å². The SMILES string of the molecule is COC(=O)C(C[C@@H]1CC(C)(C)NC1=O)NC(=O)C(CC(C)(C)C)NC(=O)c1cc2c(OC)ccc(Cl)c2[nH]1. The average molecular weight is 549 g/mol. The summed E-state index contributed by atoms with van der Waals surface area (Å²) in [6.45, 7) is 9.62. The monoisotopic (exact) mass is 548 g/mol. The highest BCUT2D eigenvalue weighted by Gasteiger charge is 2.41. The Morgan fingerprint density at radius 2 is 1.84 bits per heavy atom. The number of fused-ring (bicyclic) bond motifs is 1. The van der Waals surface area contributed by atoms with Crippen molar-refractivity contribution in [2.75, 3.05) is 14.2 Å². The fraction of sp³-hybridized carbons (Fsp3) is 0.556. The van der Waals surface area contributed by atoms with Crippen LogP contribution in [0.3, 0.4) is 0 Å². The number of methoxy groups -OCH3 is 2. The number of hydrogen-bond donors (Lipinski definition) is 4. The number of amides is 3. The highest BCUT2D eigenvalue weighted by molar-refractivity contribution is 6.35. The van der Waals surface area contributed by atoms with Gasteiger partial charge >= 0.3 is 5.97 Å². The van der Waals surface area contributed by atoms with Crippen molar-refractivity contribution in [3.63, 3.8) is 0 Å². The third-order valence-electron chi connectivity index (χ3n) is 6.52. The highest BCUT2D eigenvalue weighted by Crippen LogP contribution is 2.32. The van der Waals surface area contributed by atoms with Crippen molar-refractivity contribution in [3.05, 3.63) is 28.9 Å². The summed E-state index contributed by atoms with van der Waals surface area (Å²) < 4.78 is 10.3. The number of halogens is 1. The maximum atomic E-state index is 13.4. The van der Waals surface area contributed by atoms with E-state index in [9.17, 15) is 19.2 Å². The predicted octanol–water partition coefficient (Wildman–Crippen LogP) is 3.33. The van der Waals surface area contributed by atoms with Gasteiger partial charge in [0, 0.05) is 16.8 Å². The van der Waals surface area contributed by atoms with Crippen molar-refractivity contribution in [2.45, 2.75) is 71.5 Å². The molecule has 1 aliphatic rings. The van der Waals surface area contributed by atoms with Crippen LogP contribution in [-0.4, -0.2) is 60.5 Å². The van der Waals surface area contributed by atoms with Crippen LogP contribution < -0.4 is 20.7 Å². The van der Waals surface area contributed by atoms with Gasteiger partial charge in [0.2, 0.25) is 11.8 Å². The molecule has 1 saturated heterocycles. The predicted molar refractivity (Wildman–Crippen MR) is 144 cm³/mol. The van der Waals surface area contributed by atoms with Gasteiger partial charge in [-0.15, -0.1) is 0 Å². The van der Waals surface area contributed by atoms with Crippen LogP contribution in [-0.2, 0) is 19.1 Å². The van der Waals surface area contributed by atoms with Crippen molar-refractivity contribution in [1.29, 1.82) is 0 Å². The number of nitrogens with one attached hydrogen (secondary N) is 4. The van der Waals surface area contributed by atoms with Crippen molar-refractivity contribution < 1.29 is 28.7 Å². The first-order chi connectivity index (χ1) is 17.6. The second kappa shape index (κ2) is 11.2. The highest BCUT2D eigenvalue weighted by atomic mass is 35.5. The zero-order valence-corrected chi connectivity index (χ0v) is 23.7. The van der Waals surface area contributed by atoms with E-state index in [-0.39, 0.29) is 23.4 Å². The molecule has 0 aliphatic carbocycles. The fourth-order valence-corrected chi connectivity index (χ4v) is 5.03. The van der Waals surface area contributed by atoms with Gasteiger partial charge in [-0.1, -0.05) is 32.4 Å². The van der Waals surface area contributed by atoms with Gasteiger partial charge in [0.25, 0.3) is 5.91 Å². The lowest BCUT2D eigenvalue weighted by atomic mass is 9.87. The molecule has 0 bridgehead atoms. The first-order valence-electron chi connectivity index (χ1n) is 12.5. The summed E-state index contributed by atoms with van der Waals surface area (Å²) in [5.41, 5.74) is 0.00243. The van der Waals surface area contributed by atoms with Crippen molar-refractivity contribution in [3.8, 4) is 5.75 Å². The smallest absolute Gasteiger partial charge is 0.328 e. The van der Waals surface area contributed by atoms with Gasteiger partial charge in [0.15, 0.2) is 0 Å². The molecule has 0 radical (unpaired) electrons. The van der Waals surface area contributed by atoms with E-state index in [1.165, 1.54) is 14.2 Å².